The molecule has 0 bridgehead atoms. The van der Waals surface area contributed by atoms with Gasteiger partial charge in [0, 0.05) is 22.2 Å². The number of pyridine rings is 1. The van der Waals surface area contributed by atoms with Crippen LogP contribution >= 0.6 is 11.8 Å². The van der Waals surface area contributed by atoms with Crippen LogP contribution in [0.2, 0.25) is 0 Å². The molecule has 0 amide bonds. The van der Waals surface area contributed by atoms with E-state index in [-0.39, 0.29) is 0 Å². The fourth-order valence-corrected chi connectivity index (χ4v) is 4.92. The third-order valence-corrected chi connectivity index (χ3v) is 7.03. The summed E-state index contributed by atoms with van der Waals surface area (Å²) in [6.45, 7) is 12.3. The van der Waals surface area contributed by atoms with Crippen LogP contribution in [0.1, 0.15) is 36.5 Å². The summed E-state index contributed by atoms with van der Waals surface area (Å²) in [5.74, 6) is 1.57. The Bertz CT molecular complexity index is 1170. The zero-order chi connectivity index (χ0) is 23.2. The molecular weight excluding hydrogens is 424 g/mol. The Morgan fingerprint density at radius 1 is 1.09 bits per heavy atom. The van der Waals surface area contributed by atoms with E-state index in [9.17, 15) is 0 Å². The molecule has 2 heterocycles. The molecule has 0 unspecified atom stereocenters. The minimum atomic E-state index is 0.582. The molecule has 1 aromatic heterocycles. The minimum Gasteiger partial charge on any atom is -0.394 e. The Morgan fingerprint density at radius 2 is 1.82 bits per heavy atom. The van der Waals surface area contributed by atoms with Crippen LogP contribution in [-0.4, -0.2) is 18.1 Å². The first-order valence-corrected chi connectivity index (χ1v) is 12.3. The highest BCUT2D eigenvalue weighted by atomic mass is 32.2. The third-order valence-electron chi connectivity index (χ3n) is 6.07. The number of aromatic nitrogens is 1. The summed E-state index contributed by atoms with van der Waals surface area (Å²) in [6.07, 6.45) is 7.63. The standard InChI is InChI=1S/C28H32N4S/c1-4-27(33-20(3)29)24-9-10-25-18-31-28(17-26(25)16-24)32-19(2)23-7-5-21(6-8-23)15-22-11-13-30-14-12-22/h4-10,16-18,22,30H,2-3,11-15,29H2,1H3,(H,31,32)/b27-4-. The lowest BCUT2D eigenvalue weighted by Gasteiger charge is -2.22. The van der Waals surface area contributed by atoms with Crippen LogP contribution in [0.5, 0.6) is 0 Å². The van der Waals surface area contributed by atoms with E-state index in [4.69, 9.17) is 5.73 Å². The second-order valence-corrected chi connectivity index (χ2v) is 9.72. The normalized spacial score (nSPS) is 14.9. The monoisotopic (exact) mass is 456 g/mol. The van der Waals surface area contributed by atoms with Crippen molar-refractivity contribution >= 4 is 39.0 Å². The second kappa shape index (κ2) is 10.7. The van der Waals surface area contributed by atoms with Gasteiger partial charge in [0.05, 0.1) is 5.03 Å². The molecule has 1 aliphatic rings. The van der Waals surface area contributed by atoms with Crippen LogP contribution in [0, 0.1) is 5.92 Å². The van der Waals surface area contributed by atoms with Gasteiger partial charge < -0.3 is 16.4 Å². The lowest BCUT2D eigenvalue weighted by atomic mass is 9.90. The number of benzene rings is 2. The Kier molecular flexibility index (Phi) is 7.53. The quantitative estimate of drug-likeness (QED) is 0.367. The SMILES string of the molecule is C=C(N)S/C(=C\C)c1ccc2cnc(NC(=C)c3ccc(CC4CCNCC4)cc3)cc2c1. The van der Waals surface area contributed by atoms with E-state index < -0.39 is 0 Å². The van der Waals surface area contributed by atoms with Crippen molar-refractivity contribution in [3.05, 3.63) is 95.7 Å². The number of fused-ring (bicyclic) bond motifs is 1. The van der Waals surface area contributed by atoms with Gasteiger partial charge in [-0.25, -0.2) is 4.98 Å². The lowest BCUT2D eigenvalue weighted by molar-refractivity contribution is 0.372. The zero-order valence-electron chi connectivity index (χ0n) is 19.2. The molecule has 0 spiro atoms. The van der Waals surface area contributed by atoms with Crippen molar-refractivity contribution in [2.24, 2.45) is 11.7 Å². The fraction of sp³-hybridized carbons (Fsp3) is 0.250. The van der Waals surface area contributed by atoms with E-state index in [0.29, 0.717) is 5.03 Å². The highest BCUT2D eigenvalue weighted by molar-refractivity contribution is 8.11. The number of rotatable bonds is 8. The van der Waals surface area contributed by atoms with Gasteiger partial charge in [-0.2, -0.15) is 0 Å². The number of nitrogens with zero attached hydrogens (tertiary/aromatic N) is 1. The molecule has 4 N–H and O–H groups in total. The third kappa shape index (κ3) is 6.06. The molecule has 4 rings (SSSR count). The van der Waals surface area contributed by atoms with Crippen molar-refractivity contribution < 1.29 is 0 Å². The van der Waals surface area contributed by atoms with E-state index in [1.165, 1.54) is 30.2 Å². The summed E-state index contributed by atoms with van der Waals surface area (Å²) >= 11 is 1.48. The van der Waals surface area contributed by atoms with Gasteiger partial charge in [0.2, 0.25) is 0 Å². The summed E-state index contributed by atoms with van der Waals surface area (Å²) in [6, 6.07) is 17.2. The Morgan fingerprint density at radius 3 is 2.52 bits per heavy atom. The van der Waals surface area contributed by atoms with Crippen LogP contribution in [0.15, 0.2) is 79.0 Å². The number of hydrogen-bond donors (Lipinski definition) is 3. The summed E-state index contributed by atoms with van der Waals surface area (Å²) in [5.41, 5.74) is 10.2. The average molecular weight is 457 g/mol. The molecule has 0 saturated carbocycles. The van der Waals surface area contributed by atoms with E-state index >= 15 is 0 Å². The number of nitrogens with one attached hydrogen (secondary N) is 2. The first-order chi connectivity index (χ1) is 16.0. The fourth-order valence-electron chi connectivity index (χ4n) is 4.28. The average Bonchev–Trinajstić information content (AvgIpc) is 2.83. The maximum absolute atomic E-state index is 5.80. The smallest absolute Gasteiger partial charge is 0.130 e. The van der Waals surface area contributed by atoms with Crippen LogP contribution in [-0.2, 0) is 6.42 Å². The number of nitrogens with two attached hydrogens (primary N) is 1. The molecule has 170 valence electrons. The topological polar surface area (TPSA) is 63.0 Å². The lowest BCUT2D eigenvalue weighted by Crippen LogP contribution is -2.28. The van der Waals surface area contributed by atoms with Crippen LogP contribution in [0.4, 0.5) is 5.82 Å². The molecule has 2 aromatic carbocycles. The number of thioether (sulfide) groups is 1. The molecule has 4 nitrogen and oxygen atoms in total. The first-order valence-electron chi connectivity index (χ1n) is 11.5. The Hall–Kier alpha value is -3.02. The Labute approximate surface area is 201 Å². The van der Waals surface area contributed by atoms with Gasteiger partial charge >= 0.3 is 0 Å². The predicted octanol–water partition coefficient (Wildman–Crippen LogP) is 6.38. The molecule has 1 saturated heterocycles. The van der Waals surface area contributed by atoms with Crippen LogP contribution < -0.4 is 16.4 Å². The molecule has 1 aliphatic heterocycles. The van der Waals surface area contributed by atoms with E-state index in [1.54, 1.807) is 0 Å². The summed E-state index contributed by atoms with van der Waals surface area (Å²) in [7, 11) is 0. The molecule has 5 heteroatoms. The van der Waals surface area contributed by atoms with E-state index in [0.717, 1.165) is 63.7 Å². The van der Waals surface area contributed by atoms with Crippen molar-refractivity contribution in [1.82, 2.24) is 10.3 Å². The predicted molar refractivity (Wildman–Crippen MR) is 145 cm³/mol. The highest BCUT2D eigenvalue weighted by Gasteiger charge is 2.13. The van der Waals surface area contributed by atoms with Gasteiger partial charge in [-0.1, -0.05) is 67.4 Å². The molecule has 1 fully saturated rings. The van der Waals surface area contributed by atoms with Gasteiger partial charge in [-0.15, -0.1) is 0 Å². The van der Waals surface area contributed by atoms with Gasteiger partial charge in [-0.3, -0.25) is 0 Å². The van der Waals surface area contributed by atoms with Crippen molar-refractivity contribution in [2.75, 3.05) is 18.4 Å². The molecule has 0 atom stereocenters. The molecule has 0 aliphatic carbocycles. The van der Waals surface area contributed by atoms with Crippen molar-refractivity contribution in [3.63, 3.8) is 0 Å². The number of anilines is 1. The maximum atomic E-state index is 5.80. The van der Waals surface area contributed by atoms with Crippen molar-refractivity contribution in [1.29, 1.82) is 0 Å². The van der Waals surface area contributed by atoms with Crippen molar-refractivity contribution in [2.45, 2.75) is 26.2 Å². The number of allylic oxidation sites excluding steroid dienone is 1. The number of piperidine rings is 1. The van der Waals surface area contributed by atoms with Gasteiger partial charge in [0.15, 0.2) is 0 Å². The maximum Gasteiger partial charge on any atom is 0.130 e. The number of hydrogen-bond acceptors (Lipinski definition) is 5. The van der Waals surface area contributed by atoms with Crippen molar-refractivity contribution in [3.8, 4) is 0 Å². The van der Waals surface area contributed by atoms with E-state index in [2.05, 4.69) is 83.4 Å². The summed E-state index contributed by atoms with van der Waals surface area (Å²) < 4.78 is 0. The first kappa shape index (κ1) is 23.1. The second-order valence-electron chi connectivity index (χ2n) is 8.55. The molecule has 33 heavy (non-hydrogen) atoms. The van der Waals surface area contributed by atoms with Gasteiger partial charge in [0.1, 0.15) is 5.82 Å². The summed E-state index contributed by atoms with van der Waals surface area (Å²) in [5, 5.41) is 9.60. The molecular formula is C28H32N4S. The van der Waals surface area contributed by atoms with Crippen LogP contribution in [0.3, 0.4) is 0 Å². The largest absolute Gasteiger partial charge is 0.394 e. The highest BCUT2D eigenvalue weighted by Crippen LogP contribution is 2.32. The van der Waals surface area contributed by atoms with Crippen LogP contribution in [0.25, 0.3) is 21.4 Å². The minimum absolute atomic E-state index is 0.582. The van der Waals surface area contributed by atoms with E-state index in [1.807, 2.05) is 13.1 Å². The Balaban J connectivity index is 1.46. The molecule has 3 aromatic rings. The van der Waals surface area contributed by atoms with Gasteiger partial charge in [-0.05, 0) is 79.4 Å². The summed E-state index contributed by atoms with van der Waals surface area (Å²) in [4.78, 5) is 5.67. The molecule has 0 radical (unpaired) electrons. The zero-order valence-corrected chi connectivity index (χ0v) is 20.0. The van der Waals surface area contributed by atoms with Gasteiger partial charge in [0.25, 0.3) is 0 Å².